The van der Waals surface area contributed by atoms with E-state index < -0.39 is 0 Å². The number of amides is 1. The van der Waals surface area contributed by atoms with Crippen molar-refractivity contribution < 1.29 is 14.3 Å². The van der Waals surface area contributed by atoms with Gasteiger partial charge in [-0.2, -0.15) is 0 Å². The molecule has 2 fully saturated rings. The van der Waals surface area contributed by atoms with Crippen molar-refractivity contribution in [3.63, 3.8) is 0 Å². The van der Waals surface area contributed by atoms with Crippen LogP contribution >= 0.6 is 0 Å². The Hall–Kier alpha value is -1.43. The quantitative estimate of drug-likeness (QED) is 0.805. The zero-order valence-electron chi connectivity index (χ0n) is 14.4. The van der Waals surface area contributed by atoms with Crippen molar-refractivity contribution in [3.05, 3.63) is 35.9 Å². The third kappa shape index (κ3) is 4.56. The molecule has 1 aromatic rings. The van der Waals surface area contributed by atoms with Gasteiger partial charge in [-0.3, -0.25) is 9.69 Å². The molecule has 132 valence electrons. The lowest BCUT2D eigenvalue weighted by molar-refractivity contribution is -0.139. The van der Waals surface area contributed by atoms with E-state index in [-0.39, 0.29) is 11.8 Å². The van der Waals surface area contributed by atoms with E-state index in [9.17, 15) is 4.79 Å². The number of fused-ring (bicyclic) bond motifs is 1. The van der Waals surface area contributed by atoms with Gasteiger partial charge >= 0.3 is 0 Å². The summed E-state index contributed by atoms with van der Waals surface area (Å²) < 4.78 is 11.0. The Kier molecular flexibility index (Phi) is 6.24. The number of methoxy groups -OCH3 is 1. The first kappa shape index (κ1) is 17.4. The molecule has 2 aliphatic rings. The number of piperidine rings is 1. The van der Waals surface area contributed by atoms with Crippen LogP contribution < -0.4 is 5.32 Å². The monoisotopic (exact) mass is 332 g/mol. The van der Waals surface area contributed by atoms with Crippen LogP contribution in [0.5, 0.6) is 0 Å². The Bertz CT molecular complexity index is 523. The maximum absolute atomic E-state index is 12.3. The number of ether oxygens (including phenoxy) is 2. The predicted molar refractivity (Wildman–Crippen MR) is 92.6 cm³/mol. The minimum Gasteiger partial charge on any atom is -0.383 e. The molecule has 5 nitrogen and oxygen atoms in total. The zero-order chi connectivity index (χ0) is 16.8. The molecule has 2 heterocycles. The Balaban J connectivity index is 1.51. The highest BCUT2D eigenvalue weighted by Crippen LogP contribution is 2.32. The van der Waals surface area contributed by atoms with Crippen LogP contribution in [0, 0.1) is 11.8 Å². The maximum atomic E-state index is 12.3. The van der Waals surface area contributed by atoms with E-state index in [1.54, 1.807) is 7.11 Å². The van der Waals surface area contributed by atoms with Gasteiger partial charge in [0.2, 0.25) is 5.91 Å². The minimum atomic E-state index is -0.0280. The standard InChI is InChI=1S/C19H28N2O3/c1-23-10-8-20-19(22)17-11-16-13-21(9-7-18(16)24-14-17)12-15-5-3-2-4-6-15/h2-6,16-18H,7-14H2,1H3,(H,20,22)/t16-,17-,18+/m1/s1. The van der Waals surface area contributed by atoms with Gasteiger partial charge < -0.3 is 14.8 Å². The van der Waals surface area contributed by atoms with Gasteiger partial charge in [-0.05, 0) is 24.3 Å². The summed E-state index contributed by atoms with van der Waals surface area (Å²) in [5.74, 6) is 0.528. The van der Waals surface area contributed by atoms with E-state index in [1.807, 2.05) is 0 Å². The lowest BCUT2D eigenvalue weighted by atomic mass is 9.83. The van der Waals surface area contributed by atoms with E-state index >= 15 is 0 Å². The number of hydrogen-bond acceptors (Lipinski definition) is 4. The predicted octanol–water partition coefficient (Wildman–Crippen LogP) is 1.68. The summed E-state index contributed by atoms with van der Waals surface area (Å²) in [4.78, 5) is 14.8. The fourth-order valence-electron chi connectivity index (χ4n) is 3.79. The second kappa shape index (κ2) is 8.60. The molecule has 1 N–H and O–H groups in total. The first-order chi connectivity index (χ1) is 11.8. The van der Waals surface area contributed by atoms with Gasteiger partial charge in [0.15, 0.2) is 0 Å². The van der Waals surface area contributed by atoms with Crippen molar-refractivity contribution in [3.8, 4) is 0 Å². The van der Waals surface area contributed by atoms with E-state index in [2.05, 4.69) is 40.5 Å². The van der Waals surface area contributed by atoms with Gasteiger partial charge in [-0.15, -0.1) is 0 Å². The smallest absolute Gasteiger partial charge is 0.225 e. The number of carbonyl (C=O) groups excluding carboxylic acids is 1. The molecule has 0 aliphatic carbocycles. The zero-order valence-corrected chi connectivity index (χ0v) is 14.4. The van der Waals surface area contributed by atoms with Crippen molar-refractivity contribution in [1.29, 1.82) is 0 Å². The van der Waals surface area contributed by atoms with Gasteiger partial charge in [0.05, 0.1) is 25.2 Å². The highest BCUT2D eigenvalue weighted by Gasteiger charge is 2.38. The second-order valence-electron chi connectivity index (χ2n) is 6.86. The van der Waals surface area contributed by atoms with E-state index in [0.717, 1.165) is 32.5 Å². The number of nitrogens with one attached hydrogen (secondary N) is 1. The number of rotatable bonds is 6. The number of carbonyl (C=O) groups is 1. The average Bonchev–Trinajstić information content (AvgIpc) is 2.62. The van der Waals surface area contributed by atoms with Crippen molar-refractivity contribution in [2.24, 2.45) is 11.8 Å². The SMILES string of the molecule is COCCNC(=O)[C@H]1CO[C@H]2CCN(Cc3ccccc3)C[C@H]2C1. The molecule has 3 atom stereocenters. The lowest BCUT2D eigenvalue weighted by Gasteiger charge is -2.43. The van der Waals surface area contributed by atoms with Crippen LogP contribution in [0.25, 0.3) is 0 Å². The Labute approximate surface area is 144 Å². The van der Waals surface area contributed by atoms with Crippen molar-refractivity contribution in [2.75, 3.05) is 40.0 Å². The fourth-order valence-corrected chi connectivity index (χ4v) is 3.79. The van der Waals surface area contributed by atoms with Crippen LogP contribution in [0.1, 0.15) is 18.4 Å². The van der Waals surface area contributed by atoms with Gasteiger partial charge in [0, 0.05) is 33.3 Å². The van der Waals surface area contributed by atoms with Crippen LogP contribution in [0.2, 0.25) is 0 Å². The normalized spacial score (nSPS) is 27.5. The van der Waals surface area contributed by atoms with Crippen LogP contribution in [-0.4, -0.2) is 56.9 Å². The Morgan fingerprint density at radius 1 is 1.38 bits per heavy atom. The molecule has 3 rings (SSSR count). The van der Waals surface area contributed by atoms with Gasteiger partial charge in [-0.1, -0.05) is 30.3 Å². The third-order valence-corrected chi connectivity index (χ3v) is 5.07. The molecule has 1 aromatic carbocycles. The summed E-state index contributed by atoms with van der Waals surface area (Å²) in [6, 6.07) is 10.6. The van der Waals surface area contributed by atoms with Crippen molar-refractivity contribution >= 4 is 5.91 Å². The van der Waals surface area contributed by atoms with Crippen molar-refractivity contribution in [2.45, 2.75) is 25.5 Å². The van der Waals surface area contributed by atoms with E-state index in [4.69, 9.17) is 9.47 Å². The van der Waals surface area contributed by atoms with Crippen LogP contribution in [0.3, 0.4) is 0 Å². The second-order valence-corrected chi connectivity index (χ2v) is 6.86. The molecule has 24 heavy (non-hydrogen) atoms. The molecule has 0 aromatic heterocycles. The van der Waals surface area contributed by atoms with E-state index in [0.29, 0.717) is 31.8 Å². The Morgan fingerprint density at radius 3 is 3.00 bits per heavy atom. The highest BCUT2D eigenvalue weighted by molar-refractivity contribution is 5.78. The number of benzene rings is 1. The van der Waals surface area contributed by atoms with E-state index in [1.165, 1.54) is 5.56 Å². The van der Waals surface area contributed by atoms with Crippen molar-refractivity contribution in [1.82, 2.24) is 10.2 Å². The molecule has 0 saturated carbocycles. The van der Waals surface area contributed by atoms with Gasteiger partial charge in [0.25, 0.3) is 0 Å². The Morgan fingerprint density at radius 2 is 2.21 bits per heavy atom. The molecule has 0 bridgehead atoms. The lowest BCUT2D eigenvalue weighted by Crippen LogP contribution is -2.50. The summed E-state index contributed by atoms with van der Waals surface area (Å²) in [6.45, 7) is 4.74. The first-order valence-corrected chi connectivity index (χ1v) is 8.91. The van der Waals surface area contributed by atoms with Gasteiger partial charge in [0.1, 0.15) is 0 Å². The summed E-state index contributed by atoms with van der Waals surface area (Å²) in [6.07, 6.45) is 2.31. The molecule has 1 amide bonds. The molecule has 2 saturated heterocycles. The number of nitrogens with zero attached hydrogens (tertiary/aromatic N) is 1. The average molecular weight is 332 g/mol. The molecular weight excluding hydrogens is 304 g/mol. The fraction of sp³-hybridized carbons (Fsp3) is 0.632. The molecule has 5 heteroatoms. The number of likely N-dealkylation sites (tertiary alicyclic amines) is 1. The summed E-state index contributed by atoms with van der Waals surface area (Å²) in [5.41, 5.74) is 1.35. The highest BCUT2D eigenvalue weighted by atomic mass is 16.5. The molecule has 0 radical (unpaired) electrons. The summed E-state index contributed by atoms with van der Waals surface area (Å²) >= 11 is 0. The minimum absolute atomic E-state index is 0.0280. The molecular formula is C19H28N2O3. The van der Waals surface area contributed by atoms with Gasteiger partial charge in [-0.25, -0.2) is 0 Å². The van der Waals surface area contributed by atoms with Crippen LogP contribution in [-0.2, 0) is 20.8 Å². The molecule has 0 unspecified atom stereocenters. The first-order valence-electron chi connectivity index (χ1n) is 8.91. The largest absolute Gasteiger partial charge is 0.383 e. The molecule has 0 spiro atoms. The topological polar surface area (TPSA) is 50.8 Å². The maximum Gasteiger partial charge on any atom is 0.225 e. The molecule has 2 aliphatic heterocycles. The summed E-state index contributed by atoms with van der Waals surface area (Å²) in [7, 11) is 1.64. The number of hydrogen-bond donors (Lipinski definition) is 1. The van der Waals surface area contributed by atoms with Crippen LogP contribution in [0.4, 0.5) is 0 Å². The summed E-state index contributed by atoms with van der Waals surface area (Å²) in [5, 5.41) is 2.94. The van der Waals surface area contributed by atoms with Crippen LogP contribution in [0.15, 0.2) is 30.3 Å². The third-order valence-electron chi connectivity index (χ3n) is 5.07.